The Morgan fingerprint density at radius 3 is 2.31 bits per heavy atom. The largest absolute Gasteiger partial charge is 0.480 e. The second kappa shape index (κ2) is 9.47. The summed E-state index contributed by atoms with van der Waals surface area (Å²) in [6.45, 7) is 5.30. The fraction of sp³-hybridized carbons (Fsp3) is 0.500. The highest BCUT2D eigenvalue weighted by atomic mass is 32.2. The zero-order chi connectivity index (χ0) is 19.9. The predicted octanol–water partition coefficient (Wildman–Crippen LogP) is 1.66. The van der Waals surface area contributed by atoms with Crippen LogP contribution in [0.5, 0.6) is 0 Å². The number of rotatable bonds is 10. The Morgan fingerprint density at radius 1 is 1.12 bits per heavy atom. The molecule has 0 aliphatic heterocycles. The molecule has 1 unspecified atom stereocenters. The number of ketones is 1. The van der Waals surface area contributed by atoms with E-state index in [1.54, 1.807) is 12.1 Å². The fourth-order valence-corrected chi connectivity index (χ4v) is 3.14. The first-order chi connectivity index (χ1) is 12.1. The van der Waals surface area contributed by atoms with Gasteiger partial charge in [-0.1, -0.05) is 19.1 Å². The summed E-state index contributed by atoms with van der Waals surface area (Å²) in [7, 11) is -3.32. The average Bonchev–Trinajstić information content (AvgIpc) is 2.58. The number of carbonyl (C=O) groups is 3. The molecular weight excluding hydrogens is 358 g/mol. The highest BCUT2D eigenvalue weighted by molar-refractivity contribution is 7.91. The van der Waals surface area contributed by atoms with Crippen LogP contribution in [-0.2, 0) is 19.4 Å². The SMILES string of the molecule is CCS(=O)(=O)CCC(NC(=O)CCC(=O)c1ccc(C)c(C)c1)C(=O)O. The number of nitrogens with one attached hydrogen (secondary N) is 1. The van der Waals surface area contributed by atoms with E-state index in [0.29, 0.717) is 5.56 Å². The normalized spacial score (nSPS) is 12.4. The van der Waals surface area contributed by atoms with E-state index in [1.165, 1.54) is 6.92 Å². The maximum absolute atomic E-state index is 12.2. The molecule has 0 spiro atoms. The van der Waals surface area contributed by atoms with E-state index in [9.17, 15) is 22.8 Å². The van der Waals surface area contributed by atoms with Gasteiger partial charge in [-0.05, 0) is 37.5 Å². The number of carbonyl (C=O) groups excluding carboxylic acids is 2. The molecule has 0 aliphatic carbocycles. The lowest BCUT2D eigenvalue weighted by atomic mass is 10.0. The fourth-order valence-electron chi connectivity index (χ4n) is 2.25. The number of hydrogen-bond donors (Lipinski definition) is 2. The number of Topliss-reactive ketones (excluding diaryl/α,β-unsaturated/α-hetero) is 1. The van der Waals surface area contributed by atoms with E-state index < -0.39 is 27.8 Å². The number of carboxylic acids is 1. The summed E-state index contributed by atoms with van der Waals surface area (Å²) in [5.74, 6) is -2.50. The molecule has 8 heteroatoms. The van der Waals surface area contributed by atoms with Crippen LogP contribution < -0.4 is 5.32 Å². The number of aryl methyl sites for hydroxylation is 2. The highest BCUT2D eigenvalue weighted by Gasteiger charge is 2.22. The van der Waals surface area contributed by atoms with Gasteiger partial charge in [0.2, 0.25) is 5.91 Å². The van der Waals surface area contributed by atoms with Gasteiger partial charge in [0.25, 0.3) is 0 Å². The zero-order valence-electron chi connectivity index (χ0n) is 15.2. The number of sulfone groups is 1. The van der Waals surface area contributed by atoms with Gasteiger partial charge in [-0.3, -0.25) is 9.59 Å². The molecule has 0 fully saturated rings. The van der Waals surface area contributed by atoms with Crippen molar-refractivity contribution in [2.24, 2.45) is 0 Å². The Bertz CT molecular complexity index is 785. The van der Waals surface area contributed by atoms with Gasteiger partial charge in [0.1, 0.15) is 15.9 Å². The van der Waals surface area contributed by atoms with Crippen molar-refractivity contribution in [2.75, 3.05) is 11.5 Å². The van der Waals surface area contributed by atoms with Gasteiger partial charge in [-0.15, -0.1) is 0 Å². The molecule has 0 saturated heterocycles. The molecule has 1 aromatic carbocycles. The monoisotopic (exact) mass is 383 g/mol. The average molecular weight is 383 g/mol. The van der Waals surface area contributed by atoms with Gasteiger partial charge in [0, 0.05) is 24.2 Å². The molecule has 1 aromatic rings. The van der Waals surface area contributed by atoms with E-state index in [1.807, 2.05) is 19.9 Å². The summed E-state index contributed by atoms with van der Waals surface area (Å²) in [4.78, 5) is 35.3. The molecule has 7 nitrogen and oxygen atoms in total. The minimum Gasteiger partial charge on any atom is -0.480 e. The van der Waals surface area contributed by atoms with Gasteiger partial charge in [0.15, 0.2) is 5.78 Å². The Balaban J connectivity index is 2.58. The first-order valence-electron chi connectivity index (χ1n) is 8.38. The molecule has 144 valence electrons. The minimum atomic E-state index is -3.32. The molecule has 1 atom stereocenters. The van der Waals surface area contributed by atoms with E-state index in [0.717, 1.165) is 11.1 Å². The number of carboxylic acid groups (broad SMARTS) is 1. The van der Waals surface area contributed by atoms with Crippen molar-refractivity contribution in [3.8, 4) is 0 Å². The van der Waals surface area contributed by atoms with Crippen molar-refractivity contribution in [3.05, 3.63) is 34.9 Å². The van der Waals surface area contributed by atoms with Crippen LogP contribution in [0.1, 0.15) is 47.7 Å². The molecule has 0 saturated carbocycles. The highest BCUT2D eigenvalue weighted by Crippen LogP contribution is 2.12. The second-order valence-electron chi connectivity index (χ2n) is 6.21. The van der Waals surface area contributed by atoms with Gasteiger partial charge >= 0.3 is 5.97 Å². The zero-order valence-corrected chi connectivity index (χ0v) is 16.1. The third-order valence-electron chi connectivity index (χ3n) is 4.20. The smallest absolute Gasteiger partial charge is 0.326 e. The topological polar surface area (TPSA) is 118 Å². The van der Waals surface area contributed by atoms with E-state index in [2.05, 4.69) is 5.32 Å². The van der Waals surface area contributed by atoms with Crippen molar-refractivity contribution in [1.82, 2.24) is 5.32 Å². The van der Waals surface area contributed by atoms with Crippen LogP contribution in [0.4, 0.5) is 0 Å². The van der Waals surface area contributed by atoms with Crippen molar-refractivity contribution >= 4 is 27.5 Å². The van der Waals surface area contributed by atoms with E-state index in [-0.39, 0.29) is 36.6 Å². The van der Waals surface area contributed by atoms with Gasteiger partial charge < -0.3 is 10.4 Å². The van der Waals surface area contributed by atoms with E-state index in [4.69, 9.17) is 5.11 Å². The quantitative estimate of drug-likeness (QED) is 0.593. The summed E-state index contributed by atoms with van der Waals surface area (Å²) >= 11 is 0. The first kappa shape index (κ1) is 21.8. The second-order valence-corrected chi connectivity index (χ2v) is 8.68. The van der Waals surface area contributed by atoms with Crippen LogP contribution in [0.25, 0.3) is 0 Å². The molecule has 0 radical (unpaired) electrons. The third kappa shape index (κ3) is 6.95. The van der Waals surface area contributed by atoms with Crippen LogP contribution in [0.2, 0.25) is 0 Å². The lowest BCUT2D eigenvalue weighted by molar-refractivity contribution is -0.141. The van der Waals surface area contributed by atoms with Crippen molar-refractivity contribution in [2.45, 2.75) is 46.1 Å². The lowest BCUT2D eigenvalue weighted by Gasteiger charge is -2.14. The lowest BCUT2D eigenvalue weighted by Crippen LogP contribution is -2.42. The Morgan fingerprint density at radius 2 is 1.77 bits per heavy atom. The summed E-state index contributed by atoms with van der Waals surface area (Å²) in [6.07, 6.45) is -0.410. The predicted molar refractivity (Wildman–Crippen MR) is 98.0 cm³/mol. The van der Waals surface area contributed by atoms with Crippen molar-refractivity contribution < 1.29 is 27.9 Å². The van der Waals surface area contributed by atoms with E-state index >= 15 is 0 Å². The number of aliphatic carboxylic acids is 1. The Hall–Kier alpha value is -2.22. The Labute approximate surface area is 153 Å². The van der Waals surface area contributed by atoms with Gasteiger partial charge in [-0.25, -0.2) is 13.2 Å². The molecule has 0 aromatic heterocycles. The maximum atomic E-state index is 12.2. The summed E-state index contributed by atoms with van der Waals surface area (Å²) in [5, 5.41) is 11.4. The molecule has 0 bridgehead atoms. The van der Waals surface area contributed by atoms with Crippen LogP contribution >= 0.6 is 0 Å². The summed E-state index contributed by atoms with van der Waals surface area (Å²) < 4.78 is 23.0. The molecule has 26 heavy (non-hydrogen) atoms. The maximum Gasteiger partial charge on any atom is 0.326 e. The third-order valence-corrected chi connectivity index (χ3v) is 5.94. The van der Waals surface area contributed by atoms with Crippen LogP contribution in [0, 0.1) is 13.8 Å². The number of amides is 1. The van der Waals surface area contributed by atoms with Crippen molar-refractivity contribution in [1.29, 1.82) is 0 Å². The molecular formula is C18H25NO6S. The molecule has 0 heterocycles. The molecule has 0 aliphatic rings. The summed E-state index contributed by atoms with van der Waals surface area (Å²) in [5.41, 5.74) is 2.54. The van der Waals surface area contributed by atoms with Crippen LogP contribution in [0.15, 0.2) is 18.2 Å². The number of benzene rings is 1. The van der Waals surface area contributed by atoms with Crippen LogP contribution in [-0.4, -0.2) is 48.7 Å². The molecule has 2 N–H and O–H groups in total. The van der Waals surface area contributed by atoms with Crippen LogP contribution in [0.3, 0.4) is 0 Å². The van der Waals surface area contributed by atoms with Gasteiger partial charge in [-0.2, -0.15) is 0 Å². The first-order valence-corrected chi connectivity index (χ1v) is 10.2. The molecule has 1 rings (SSSR count). The van der Waals surface area contributed by atoms with Crippen molar-refractivity contribution in [3.63, 3.8) is 0 Å². The summed E-state index contributed by atoms with van der Waals surface area (Å²) in [6, 6.07) is 3.99. The molecule has 1 amide bonds. The van der Waals surface area contributed by atoms with Gasteiger partial charge in [0.05, 0.1) is 5.75 Å². The number of hydrogen-bond acceptors (Lipinski definition) is 5. The Kier molecular flexibility index (Phi) is 7.95. The minimum absolute atomic E-state index is 0.0477. The standard InChI is InChI=1S/C18H25NO6S/c1-4-26(24,25)10-9-15(18(22)23)19-17(21)8-7-16(20)14-6-5-12(2)13(3)11-14/h5-6,11,15H,4,7-10H2,1-3H3,(H,19,21)(H,22,23).